The zero-order chi connectivity index (χ0) is 21.3. The topological polar surface area (TPSA) is 76.4 Å². The van der Waals surface area contributed by atoms with Crippen LogP contribution >= 0.6 is 11.6 Å². The summed E-state index contributed by atoms with van der Waals surface area (Å²) in [4.78, 5) is 25.7. The number of nitrogens with zero attached hydrogens (tertiary/aromatic N) is 6. The summed E-state index contributed by atoms with van der Waals surface area (Å²) in [6, 6.07) is 7.56. The van der Waals surface area contributed by atoms with E-state index in [4.69, 9.17) is 31.4 Å². The van der Waals surface area contributed by atoms with E-state index in [9.17, 15) is 4.79 Å². The van der Waals surface area contributed by atoms with Crippen molar-refractivity contribution in [1.29, 1.82) is 0 Å². The Labute approximate surface area is 180 Å². The molecule has 4 rings (SSSR count). The molecule has 158 valence electrons. The number of ether oxygens (including phenoxy) is 1. The van der Waals surface area contributed by atoms with Gasteiger partial charge in [0.2, 0.25) is 5.91 Å². The number of halogens is 1. The standard InChI is InChI=1S/C21H25ClN6O2/c1-4-18(29)26-9-11-27(12-10-26)20-19-14(2)25-28(16-8-6-5-7-15(16)22)21(19)24-17(23-20)13-30-3/h5-8H,4,9-13H2,1-3H3. The van der Waals surface area contributed by atoms with Gasteiger partial charge in [0.25, 0.3) is 0 Å². The minimum absolute atomic E-state index is 0.185. The van der Waals surface area contributed by atoms with Crippen molar-refractivity contribution in [2.45, 2.75) is 26.9 Å². The van der Waals surface area contributed by atoms with Crippen LogP contribution in [-0.4, -0.2) is 63.8 Å². The van der Waals surface area contributed by atoms with Crippen molar-refractivity contribution in [2.24, 2.45) is 0 Å². The minimum Gasteiger partial charge on any atom is -0.377 e. The third-order valence-electron chi connectivity index (χ3n) is 5.32. The smallest absolute Gasteiger partial charge is 0.222 e. The molecule has 1 fully saturated rings. The van der Waals surface area contributed by atoms with Gasteiger partial charge in [0.05, 0.1) is 21.8 Å². The Morgan fingerprint density at radius 1 is 1.17 bits per heavy atom. The Morgan fingerprint density at radius 2 is 1.90 bits per heavy atom. The Balaban J connectivity index is 1.80. The van der Waals surface area contributed by atoms with Crippen LogP contribution in [0.1, 0.15) is 24.9 Å². The number of hydrogen-bond acceptors (Lipinski definition) is 6. The molecule has 0 aliphatic carbocycles. The highest BCUT2D eigenvalue weighted by molar-refractivity contribution is 6.32. The van der Waals surface area contributed by atoms with Gasteiger partial charge in [-0.1, -0.05) is 30.7 Å². The van der Waals surface area contributed by atoms with Gasteiger partial charge in [0.15, 0.2) is 11.5 Å². The molecule has 0 unspecified atom stereocenters. The molecule has 0 N–H and O–H groups in total. The molecule has 1 amide bonds. The molecule has 30 heavy (non-hydrogen) atoms. The Hall–Kier alpha value is -2.71. The van der Waals surface area contributed by atoms with Gasteiger partial charge in [0, 0.05) is 39.7 Å². The first-order chi connectivity index (χ1) is 14.5. The van der Waals surface area contributed by atoms with E-state index in [2.05, 4.69) is 4.90 Å². The van der Waals surface area contributed by atoms with Gasteiger partial charge in [-0.3, -0.25) is 4.79 Å². The largest absolute Gasteiger partial charge is 0.377 e. The number of carbonyl (C=O) groups excluding carboxylic acids is 1. The number of para-hydroxylation sites is 1. The highest BCUT2D eigenvalue weighted by Crippen LogP contribution is 2.31. The van der Waals surface area contributed by atoms with Crippen LogP contribution in [0.3, 0.4) is 0 Å². The number of anilines is 1. The Morgan fingerprint density at radius 3 is 2.57 bits per heavy atom. The van der Waals surface area contributed by atoms with Crippen LogP contribution in [0, 0.1) is 6.92 Å². The third-order valence-corrected chi connectivity index (χ3v) is 5.64. The number of aromatic nitrogens is 4. The van der Waals surface area contributed by atoms with Crippen LogP contribution in [0.25, 0.3) is 16.7 Å². The van der Waals surface area contributed by atoms with E-state index in [0.717, 1.165) is 22.6 Å². The fraction of sp³-hybridized carbons (Fsp3) is 0.429. The molecule has 1 aliphatic heterocycles. The van der Waals surface area contributed by atoms with Crippen molar-refractivity contribution in [2.75, 3.05) is 38.2 Å². The molecule has 1 aliphatic rings. The summed E-state index contributed by atoms with van der Waals surface area (Å²) in [5, 5.41) is 6.22. The average Bonchev–Trinajstić information content (AvgIpc) is 3.09. The molecule has 0 spiro atoms. The van der Waals surface area contributed by atoms with Gasteiger partial charge < -0.3 is 14.5 Å². The SMILES string of the molecule is CCC(=O)N1CCN(c2nc(COC)nc3c2c(C)nn3-c2ccccc2Cl)CC1. The summed E-state index contributed by atoms with van der Waals surface area (Å²) in [7, 11) is 1.62. The van der Waals surface area contributed by atoms with Gasteiger partial charge in [-0.25, -0.2) is 14.6 Å². The number of carbonyl (C=O) groups is 1. The lowest BCUT2D eigenvalue weighted by molar-refractivity contribution is -0.131. The molecular weight excluding hydrogens is 404 g/mol. The first-order valence-electron chi connectivity index (χ1n) is 10.1. The number of benzene rings is 1. The van der Waals surface area contributed by atoms with E-state index < -0.39 is 0 Å². The van der Waals surface area contributed by atoms with E-state index in [1.807, 2.05) is 43.0 Å². The van der Waals surface area contributed by atoms with Crippen molar-refractivity contribution < 1.29 is 9.53 Å². The third kappa shape index (κ3) is 3.73. The lowest BCUT2D eigenvalue weighted by Gasteiger charge is -2.35. The molecule has 0 saturated carbocycles. The maximum absolute atomic E-state index is 12.0. The maximum Gasteiger partial charge on any atom is 0.222 e. The van der Waals surface area contributed by atoms with Gasteiger partial charge in [-0.2, -0.15) is 5.10 Å². The van der Waals surface area contributed by atoms with Crippen molar-refractivity contribution in [1.82, 2.24) is 24.6 Å². The highest BCUT2D eigenvalue weighted by atomic mass is 35.5. The lowest BCUT2D eigenvalue weighted by Crippen LogP contribution is -2.49. The summed E-state index contributed by atoms with van der Waals surface area (Å²) < 4.78 is 7.08. The zero-order valence-corrected chi connectivity index (χ0v) is 18.2. The number of amides is 1. The average molecular weight is 429 g/mol. The number of piperazine rings is 1. The van der Waals surface area contributed by atoms with Crippen LogP contribution in [0.2, 0.25) is 5.02 Å². The van der Waals surface area contributed by atoms with E-state index in [1.54, 1.807) is 11.8 Å². The predicted octanol–water partition coefficient (Wildman–Crippen LogP) is 2.98. The van der Waals surface area contributed by atoms with Gasteiger partial charge in [-0.15, -0.1) is 0 Å². The first kappa shape index (κ1) is 20.6. The number of rotatable bonds is 5. The first-order valence-corrected chi connectivity index (χ1v) is 10.4. The van der Waals surface area contributed by atoms with Crippen LogP contribution < -0.4 is 4.90 Å². The van der Waals surface area contributed by atoms with E-state index >= 15 is 0 Å². The van der Waals surface area contributed by atoms with Crippen molar-refractivity contribution in [3.8, 4) is 5.69 Å². The monoisotopic (exact) mass is 428 g/mol. The summed E-state index contributed by atoms with van der Waals surface area (Å²) in [5.41, 5.74) is 2.30. The maximum atomic E-state index is 12.0. The quantitative estimate of drug-likeness (QED) is 0.621. The van der Waals surface area contributed by atoms with Gasteiger partial charge in [-0.05, 0) is 19.1 Å². The van der Waals surface area contributed by atoms with Crippen LogP contribution in [0.4, 0.5) is 5.82 Å². The summed E-state index contributed by atoms with van der Waals surface area (Å²) in [5.74, 6) is 1.59. The van der Waals surface area contributed by atoms with E-state index in [0.29, 0.717) is 55.7 Å². The van der Waals surface area contributed by atoms with E-state index in [1.165, 1.54) is 0 Å². The molecule has 0 radical (unpaired) electrons. The Kier molecular flexibility index (Phi) is 5.87. The molecule has 3 heterocycles. The van der Waals surface area contributed by atoms with Crippen LogP contribution in [0.15, 0.2) is 24.3 Å². The lowest BCUT2D eigenvalue weighted by atomic mass is 10.2. The molecule has 8 nitrogen and oxygen atoms in total. The molecule has 0 atom stereocenters. The molecule has 3 aromatic rings. The summed E-state index contributed by atoms with van der Waals surface area (Å²) in [6.07, 6.45) is 0.527. The minimum atomic E-state index is 0.185. The molecule has 2 aromatic heterocycles. The van der Waals surface area contributed by atoms with E-state index in [-0.39, 0.29) is 5.91 Å². The predicted molar refractivity (Wildman–Crippen MR) is 116 cm³/mol. The van der Waals surface area contributed by atoms with Crippen LogP contribution in [0.5, 0.6) is 0 Å². The van der Waals surface area contributed by atoms with Crippen LogP contribution in [-0.2, 0) is 16.1 Å². The number of fused-ring (bicyclic) bond motifs is 1. The van der Waals surface area contributed by atoms with Gasteiger partial charge >= 0.3 is 0 Å². The van der Waals surface area contributed by atoms with Crippen molar-refractivity contribution in [3.05, 3.63) is 40.8 Å². The fourth-order valence-electron chi connectivity index (χ4n) is 3.81. The molecular formula is C21H25ClN6O2. The normalized spacial score (nSPS) is 14.5. The second kappa shape index (κ2) is 8.57. The van der Waals surface area contributed by atoms with Crippen molar-refractivity contribution >= 4 is 34.4 Å². The van der Waals surface area contributed by atoms with Crippen molar-refractivity contribution in [3.63, 3.8) is 0 Å². The summed E-state index contributed by atoms with van der Waals surface area (Å²) in [6.45, 7) is 6.92. The zero-order valence-electron chi connectivity index (χ0n) is 17.4. The van der Waals surface area contributed by atoms with Gasteiger partial charge in [0.1, 0.15) is 12.4 Å². The number of aryl methyl sites for hydroxylation is 1. The molecule has 0 bridgehead atoms. The second-order valence-corrected chi connectivity index (χ2v) is 7.67. The highest BCUT2D eigenvalue weighted by Gasteiger charge is 2.26. The molecule has 9 heteroatoms. The summed E-state index contributed by atoms with van der Waals surface area (Å²) >= 11 is 6.44. The molecule has 1 aromatic carbocycles. The number of methoxy groups -OCH3 is 1. The number of hydrogen-bond donors (Lipinski definition) is 0. The molecule has 1 saturated heterocycles. The Bertz CT molecular complexity index is 1070. The second-order valence-electron chi connectivity index (χ2n) is 7.27. The fourth-order valence-corrected chi connectivity index (χ4v) is 4.03.